The number of hydrogen-bond acceptors (Lipinski definition) is 6. The first-order chi connectivity index (χ1) is 9.60. The van der Waals surface area contributed by atoms with E-state index in [1.54, 1.807) is 24.2 Å². The van der Waals surface area contributed by atoms with Crippen LogP contribution in [0, 0.1) is 0 Å². The van der Waals surface area contributed by atoms with Gasteiger partial charge in [-0.3, -0.25) is 4.68 Å². The Balaban J connectivity index is 2.17. The number of anilines is 3. The monoisotopic (exact) mass is 277 g/mol. The van der Waals surface area contributed by atoms with Crippen molar-refractivity contribution in [1.82, 2.24) is 14.8 Å². The van der Waals surface area contributed by atoms with Crippen molar-refractivity contribution in [3.05, 3.63) is 30.2 Å². The number of ether oxygens (including phenoxy) is 1. The third-order valence-corrected chi connectivity index (χ3v) is 2.56. The summed E-state index contributed by atoms with van der Waals surface area (Å²) in [5.74, 6) is -0.878. The van der Waals surface area contributed by atoms with Gasteiger partial charge in [0.1, 0.15) is 11.4 Å². The van der Waals surface area contributed by atoms with Crippen molar-refractivity contribution in [2.24, 2.45) is 0 Å². The summed E-state index contributed by atoms with van der Waals surface area (Å²) in [7, 11) is 1.61. The van der Waals surface area contributed by atoms with Crippen molar-refractivity contribution >= 4 is 23.2 Å². The SMILES string of the molecule is COCCn1cc(Nc2ncc(N)cc2C(=O)O)cn1. The maximum absolute atomic E-state index is 11.1. The molecule has 0 saturated heterocycles. The largest absolute Gasteiger partial charge is 0.478 e. The normalized spacial score (nSPS) is 10.4. The number of carboxylic acids is 1. The van der Waals surface area contributed by atoms with Gasteiger partial charge in [0.05, 0.1) is 36.9 Å². The highest BCUT2D eigenvalue weighted by molar-refractivity contribution is 5.94. The molecule has 2 aromatic heterocycles. The molecular formula is C12H15N5O3. The standard InChI is InChI=1S/C12H15N5O3/c1-20-3-2-17-7-9(6-15-17)16-11-10(12(18)19)4-8(13)5-14-11/h4-7H,2-3,13H2,1H3,(H,14,16)(H,18,19). The smallest absolute Gasteiger partial charge is 0.339 e. The van der Waals surface area contributed by atoms with Gasteiger partial charge < -0.3 is 20.9 Å². The summed E-state index contributed by atoms with van der Waals surface area (Å²) in [5, 5.41) is 16.1. The van der Waals surface area contributed by atoms with E-state index in [4.69, 9.17) is 15.6 Å². The molecule has 0 aliphatic rings. The zero-order valence-electron chi connectivity index (χ0n) is 10.9. The first kappa shape index (κ1) is 13.8. The number of carboxylic acid groups (broad SMARTS) is 1. The number of nitrogens with zero attached hydrogens (tertiary/aromatic N) is 3. The van der Waals surface area contributed by atoms with Gasteiger partial charge in [-0.15, -0.1) is 0 Å². The molecule has 2 aromatic rings. The van der Waals surface area contributed by atoms with Gasteiger partial charge in [-0.25, -0.2) is 9.78 Å². The molecule has 0 bridgehead atoms. The van der Waals surface area contributed by atoms with Crippen LogP contribution in [0.4, 0.5) is 17.2 Å². The summed E-state index contributed by atoms with van der Waals surface area (Å²) in [6.07, 6.45) is 4.71. The molecule has 0 amide bonds. The zero-order chi connectivity index (χ0) is 14.5. The van der Waals surface area contributed by atoms with Crippen LogP contribution in [0.1, 0.15) is 10.4 Å². The van der Waals surface area contributed by atoms with E-state index in [0.29, 0.717) is 24.5 Å². The molecule has 106 valence electrons. The molecule has 0 aliphatic carbocycles. The van der Waals surface area contributed by atoms with Gasteiger partial charge in [-0.1, -0.05) is 0 Å². The molecule has 0 aromatic carbocycles. The minimum absolute atomic E-state index is 0.00893. The maximum atomic E-state index is 11.1. The minimum Gasteiger partial charge on any atom is -0.478 e. The van der Waals surface area contributed by atoms with E-state index in [1.807, 2.05) is 0 Å². The van der Waals surface area contributed by atoms with Crippen LogP contribution in [0.15, 0.2) is 24.7 Å². The zero-order valence-corrected chi connectivity index (χ0v) is 10.9. The Morgan fingerprint density at radius 3 is 3.05 bits per heavy atom. The van der Waals surface area contributed by atoms with Gasteiger partial charge in [0, 0.05) is 13.3 Å². The van der Waals surface area contributed by atoms with E-state index in [0.717, 1.165) is 0 Å². The fourth-order valence-electron chi connectivity index (χ4n) is 1.62. The van der Waals surface area contributed by atoms with Crippen molar-refractivity contribution in [3.63, 3.8) is 0 Å². The number of nitrogens with two attached hydrogens (primary N) is 1. The highest BCUT2D eigenvalue weighted by atomic mass is 16.5. The predicted molar refractivity (Wildman–Crippen MR) is 73.0 cm³/mol. The molecule has 0 unspecified atom stereocenters. The van der Waals surface area contributed by atoms with E-state index in [1.165, 1.54) is 12.3 Å². The van der Waals surface area contributed by atoms with Gasteiger partial charge in [0.2, 0.25) is 0 Å². The highest BCUT2D eigenvalue weighted by Gasteiger charge is 2.12. The van der Waals surface area contributed by atoms with Gasteiger partial charge in [0.15, 0.2) is 0 Å². The molecule has 0 aliphatic heterocycles. The highest BCUT2D eigenvalue weighted by Crippen LogP contribution is 2.20. The fraction of sp³-hybridized carbons (Fsp3) is 0.250. The summed E-state index contributed by atoms with van der Waals surface area (Å²) in [6, 6.07) is 1.35. The molecule has 4 N–H and O–H groups in total. The Labute approximate surface area is 115 Å². The molecule has 0 atom stereocenters. The van der Waals surface area contributed by atoms with Crippen LogP contribution in [0.25, 0.3) is 0 Å². The van der Waals surface area contributed by atoms with Crippen molar-refractivity contribution in [1.29, 1.82) is 0 Å². The van der Waals surface area contributed by atoms with E-state index in [9.17, 15) is 4.79 Å². The molecule has 2 rings (SSSR count). The second-order valence-electron chi connectivity index (χ2n) is 4.08. The molecule has 8 nitrogen and oxygen atoms in total. The molecule has 0 radical (unpaired) electrons. The number of aromatic nitrogens is 3. The van der Waals surface area contributed by atoms with E-state index in [2.05, 4.69) is 15.4 Å². The summed E-state index contributed by atoms with van der Waals surface area (Å²) < 4.78 is 6.64. The number of carbonyl (C=O) groups is 1. The first-order valence-corrected chi connectivity index (χ1v) is 5.87. The average molecular weight is 277 g/mol. The van der Waals surface area contributed by atoms with Gasteiger partial charge in [-0.2, -0.15) is 5.10 Å². The van der Waals surface area contributed by atoms with Crippen LogP contribution in [0.5, 0.6) is 0 Å². The second-order valence-corrected chi connectivity index (χ2v) is 4.08. The third kappa shape index (κ3) is 3.23. The van der Waals surface area contributed by atoms with Crippen molar-refractivity contribution < 1.29 is 14.6 Å². The predicted octanol–water partition coefficient (Wildman–Crippen LogP) is 0.948. The summed E-state index contributed by atoms with van der Waals surface area (Å²) in [6.45, 7) is 1.15. The van der Waals surface area contributed by atoms with E-state index < -0.39 is 5.97 Å². The summed E-state index contributed by atoms with van der Waals surface area (Å²) >= 11 is 0. The number of hydrogen-bond donors (Lipinski definition) is 3. The van der Waals surface area contributed by atoms with Crippen LogP contribution in [-0.4, -0.2) is 39.6 Å². The number of rotatable bonds is 6. The van der Waals surface area contributed by atoms with Crippen molar-refractivity contribution in [2.75, 3.05) is 24.8 Å². The molecule has 20 heavy (non-hydrogen) atoms. The van der Waals surface area contributed by atoms with Crippen LogP contribution in [0.2, 0.25) is 0 Å². The fourth-order valence-corrected chi connectivity index (χ4v) is 1.62. The van der Waals surface area contributed by atoms with Gasteiger partial charge in [0.25, 0.3) is 0 Å². The first-order valence-electron chi connectivity index (χ1n) is 5.87. The van der Waals surface area contributed by atoms with Crippen molar-refractivity contribution in [2.45, 2.75) is 6.54 Å². The Bertz CT molecular complexity index is 611. The van der Waals surface area contributed by atoms with Crippen LogP contribution < -0.4 is 11.1 Å². The van der Waals surface area contributed by atoms with E-state index >= 15 is 0 Å². The average Bonchev–Trinajstić information content (AvgIpc) is 2.86. The lowest BCUT2D eigenvalue weighted by Gasteiger charge is -2.07. The molecule has 0 spiro atoms. The maximum Gasteiger partial charge on any atom is 0.339 e. The minimum atomic E-state index is -1.10. The quantitative estimate of drug-likeness (QED) is 0.719. The summed E-state index contributed by atoms with van der Waals surface area (Å²) in [5.41, 5.74) is 6.48. The molecule has 0 saturated carbocycles. The Morgan fingerprint density at radius 2 is 2.35 bits per heavy atom. The molecule has 8 heteroatoms. The lowest BCUT2D eigenvalue weighted by molar-refractivity contribution is 0.0697. The lowest BCUT2D eigenvalue weighted by Crippen LogP contribution is -2.06. The second kappa shape index (κ2) is 6.02. The van der Waals surface area contributed by atoms with Crippen LogP contribution >= 0.6 is 0 Å². The number of nitrogens with one attached hydrogen (secondary N) is 1. The Hall–Kier alpha value is -2.61. The number of nitrogen functional groups attached to an aromatic ring is 1. The topological polar surface area (TPSA) is 115 Å². The number of aromatic carboxylic acids is 1. The Morgan fingerprint density at radius 1 is 1.55 bits per heavy atom. The molecular weight excluding hydrogens is 262 g/mol. The van der Waals surface area contributed by atoms with Crippen molar-refractivity contribution in [3.8, 4) is 0 Å². The van der Waals surface area contributed by atoms with Gasteiger partial charge in [-0.05, 0) is 6.07 Å². The van der Waals surface area contributed by atoms with Crippen LogP contribution in [0.3, 0.4) is 0 Å². The van der Waals surface area contributed by atoms with E-state index in [-0.39, 0.29) is 11.4 Å². The molecule has 2 heterocycles. The van der Waals surface area contributed by atoms with Crippen LogP contribution in [-0.2, 0) is 11.3 Å². The molecule has 0 fully saturated rings. The third-order valence-electron chi connectivity index (χ3n) is 2.56. The lowest BCUT2D eigenvalue weighted by atomic mass is 10.2. The summed E-state index contributed by atoms with van der Waals surface area (Å²) in [4.78, 5) is 15.1. The van der Waals surface area contributed by atoms with Gasteiger partial charge >= 0.3 is 5.97 Å². The number of methoxy groups -OCH3 is 1. The Kier molecular flexibility index (Phi) is 4.16. The number of pyridine rings is 1.